The van der Waals surface area contributed by atoms with Gasteiger partial charge in [-0.25, -0.2) is 4.79 Å². The summed E-state index contributed by atoms with van der Waals surface area (Å²) in [5.74, 6) is -1.58. The van der Waals surface area contributed by atoms with E-state index in [-0.39, 0.29) is 17.2 Å². The van der Waals surface area contributed by atoms with Gasteiger partial charge in [0.25, 0.3) is 5.91 Å². The quantitative estimate of drug-likeness (QED) is 0.719. The van der Waals surface area contributed by atoms with Crippen molar-refractivity contribution < 1.29 is 23.9 Å². The van der Waals surface area contributed by atoms with Crippen molar-refractivity contribution in [2.75, 3.05) is 32.5 Å². The molecule has 4 amide bonds. The highest BCUT2D eigenvalue weighted by atomic mass is 16.6. The molecule has 0 unspecified atom stereocenters. The number of nitrogens with zero attached hydrogens (tertiary/aromatic N) is 2. The van der Waals surface area contributed by atoms with Gasteiger partial charge in [-0.2, -0.15) is 0 Å². The van der Waals surface area contributed by atoms with Crippen molar-refractivity contribution in [1.29, 1.82) is 0 Å². The van der Waals surface area contributed by atoms with Gasteiger partial charge in [-0.05, 0) is 30.4 Å². The molecule has 2 atom stereocenters. The number of likely N-dealkylation sites (N-methyl/N-ethyl adjacent to an activating group) is 1. The maximum atomic E-state index is 13.2. The molecule has 3 rings (SSSR count). The summed E-state index contributed by atoms with van der Waals surface area (Å²) in [6.07, 6.45) is -0.738. The molecule has 0 saturated carbocycles. The minimum Gasteiger partial charge on any atom is -0.435 e. The van der Waals surface area contributed by atoms with Gasteiger partial charge in [-0.3, -0.25) is 19.7 Å². The second-order valence-corrected chi connectivity index (χ2v) is 10.0. The van der Waals surface area contributed by atoms with Crippen LogP contribution in [0, 0.1) is 11.3 Å². The molecule has 0 aromatic heterocycles. The molecule has 0 aliphatic carbocycles. The SMILES string of the molecule is CNC(=O)[C@@H]1[C@@H](OC(=O)Nc2ccccc2)C(=O)N(C)C12CCN(C(=O)CC(C)(C)C)CC2. The van der Waals surface area contributed by atoms with Gasteiger partial charge in [-0.15, -0.1) is 0 Å². The fourth-order valence-electron chi connectivity index (χ4n) is 4.84. The van der Waals surface area contributed by atoms with E-state index in [1.54, 1.807) is 41.1 Å². The summed E-state index contributed by atoms with van der Waals surface area (Å²) in [6, 6.07) is 8.75. The largest absolute Gasteiger partial charge is 0.435 e. The molecule has 0 bridgehead atoms. The van der Waals surface area contributed by atoms with Crippen LogP contribution in [0.1, 0.15) is 40.0 Å². The van der Waals surface area contributed by atoms with Crippen molar-refractivity contribution in [2.24, 2.45) is 11.3 Å². The number of rotatable bonds is 4. The molecule has 180 valence electrons. The van der Waals surface area contributed by atoms with Crippen molar-refractivity contribution in [3.63, 3.8) is 0 Å². The molecule has 1 aromatic carbocycles. The molecular formula is C24H34N4O5. The number of ether oxygens (including phenoxy) is 1. The zero-order chi connectivity index (χ0) is 24.4. The predicted octanol–water partition coefficient (Wildman–Crippen LogP) is 2.24. The highest BCUT2D eigenvalue weighted by Crippen LogP contribution is 2.44. The smallest absolute Gasteiger partial charge is 0.412 e. The van der Waals surface area contributed by atoms with Crippen LogP contribution in [0.5, 0.6) is 0 Å². The summed E-state index contributed by atoms with van der Waals surface area (Å²) in [5.41, 5.74) is -0.423. The van der Waals surface area contributed by atoms with Crippen LogP contribution in [0.15, 0.2) is 30.3 Å². The van der Waals surface area contributed by atoms with E-state index < -0.39 is 29.6 Å². The third kappa shape index (κ3) is 5.12. The van der Waals surface area contributed by atoms with Gasteiger partial charge in [0.15, 0.2) is 6.10 Å². The third-order valence-electron chi connectivity index (χ3n) is 6.57. The van der Waals surface area contributed by atoms with Gasteiger partial charge in [0.05, 0.1) is 5.54 Å². The fourth-order valence-corrected chi connectivity index (χ4v) is 4.84. The first-order valence-electron chi connectivity index (χ1n) is 11.3. The maximum Gasteiger partial charge on any atom is 0.412 e. The van der Waals surface area contributed by atoms with E-state index in [2.05, 4.69) is 10.6 Å². The molecule has 33 heavy (non-hydrogen) atoms. The normalized spacial score (nSPS) is 22.3. The molecule has 2 aliphatic heterocycles. The number of anilines is 1. The minimum absolute atomic E-state index is 0.0656. The Balaban J connectivity index is 1.78. The average molecular weight is 459 g/mol. The van der Waals surface area contributed by atoms with Crippen LogP contribution in [0.25, 0.3) is 0 Å². The summed E-state index contributed by atoms with van der Waals surface area (Å²) in [5, 5.41) is 5.23. The molecule has 2 fully saturated rings. The standard InChI is InChI=1S/C24H34N4O5/c1-23(2,3)15-17(29)28-13-11-24(12-14-28)18(20(30)25-4)19(21(31)27(24)5)33-22(32)26-16-9-7-6-8-10-16/h6-10,18-19H,11-15H2,1-5H3,(H,25,30)(H,26,32)/t18-,19+/m0/s1. The van der Waals surface area contributed by atoms with Crippen molar-refractivity contribution in [3.8, 4) is 0 Å². The Labute approximate surface area is 194 Å². The Morgan fingerprint density at radius 2 is 1.73 bits per heavy atom. The van der Waals surface area contributed by atoms with Crippen molar-refractivity contribution in [2.45, 2.75) is 51.7 Å². The van der Waals surface area contributed by atoms with Crippen molar-refractivity contribution >= 4 is 29.5 Å². The van der Waals surface area contributed by atoms with Gasteiger partial charge in [0.1, 0.15) is 5.92 Å². The maximum absolute atomic E-state index is 13.2. The average Bonchev–Trinajstić information content (AvgIpc) is 2.95. The molecule has 2 aliphatic rings. The van der Waals surface area contributed by atoms with Crippen LogP contribution < -0.4 is 10.6 Å². The van der Waals surface area contributed by atoms with E-state index in [4.69, 9.17) is 4.74 Å². The third-order valence-corrected chi connectivity index (χ3v) is 6.57. The van der Waals surface area contributed by atoms with Crippen LogP contribution in [0.3, 0.4) is 0 Å². The second kappa shape index (κ2) is 9.41. The number of benzene rings is 1. The molecule has 1 spiro atoms. The van der Waals surface area contributed by atoms with E-state index >= 15 is 0 Å². The number of para-hydroxylation sites is 1. The Bertz CT molecular complexity index is 903. The molecule has 1 aromatic rings. The topological polar surface area (TPSA) is 108 Å². The fraction of sp³-hybridized carbons (Fsp3) is 0.583. The van der Waals surface area contributed by atoms with Gasteiger partial charge in [-0.1, -0.05) is 39.0 Å². The Morgan fingerprint density at radius 3 is 2.27 bits per heavy atom. The zero-order valence-electron chi connectivity index (χ0n) is 20.0. The minimum atomic E-state index is -1.24. The lowest BCUT2D eigenvalue weighted by Gasteiger charge is -2.46. The lowest BCUT2D eigenvalue weighted by molar-refractivity contribution is -0.138. The van der Waals surface area contributed by atoms with Crippen LogP contribution in [-0.2, 0) is 19.1 Å². The highest BCUT2D eigenvalue weighted by molar-refractivity contribution is 5.97. The molecule has 2 heterocycles. The van der Waals surface area contributed by atoms with E-state index in [9.17, 15) is 19.2 Å². The summed E-state index contributed by atoms with van der Waals surface area (Å²) in [6.45, 7) is 6.92. The number of amides is 4. The number of nitrogens with one attached hydrogen (secondary N) is 2. The van der Waals surface area contributed by atoms with E-state index in [1.165, 1.54) is 7.05 Å². The highest BCUT2D eigenvalue weighted by Gasteiger charge is 2.62. The van der Waals surface area contributed by atoms with E-state index in [1.807, 2.05) is 26.8 Å². The summed E-state index contributed by atoms with van der Waals surface area (Å²) < 4.78 is 5.52. The molecule has 2 saturated heterocycles. The first kappa shape index (κ1) is 24.5. The second-order valence-electron chi connectivity index (χ2n) is 10.0. The van der Waals surface area contributed by atoms with E-state index in [0.29, 0.717) is 38.0 Å². The number of hydrogen-bond donors (Lipinski definition) is 2. The van der Waals surface area contributed by atoms with Crippen molar-refractivity contribution in [3.05, 3.63) is 30.3 Å². The van der Waals surface area contributed by atoms with Crippen LogP contribution in [-0.4, -0.2) is 72.4 Å². The lowest BCUT2D eigenvalue weighted by atomic mass is 9.75. The Hall–Kier alpha value is -3.10. The number of carbonyl (C=O) groups is 4. The van der Waals surface area contributed by atoms with Gasteiger partial charge < -0.3 is 19.9 Å². The Kier molecular flexibility index (Phi) is 7.00. The van der Waals surface area contributed by atoms with Crippen LogP contribution in [0.4, 0.5) is 10.5 Å². The molecule has 2 N–H and O–H groups in total. The first-order chi connectivity index (χ1) is 15.5. The summed E-state index contributed by atoms with van der Waals surface area (Å²) in [4.78, 5) is 54.7. The van der Waals surface area contributed by atoms with Crippen LogP contribution in [0.2, 0.25) is 0 Å². The molecule has 9 heteroatoms. The Morgan fingerprint density at radius 1 is 1.12 bits per heavy atom. The van der Waals surface area contributed by atoms with Gasteiger partial charge in [0.2, 0.25) is 11.8 Å². The number of carbonyl (C=O) groups excluding carboxylic acids is 4. The van der Waals surface area contributed by atoms with Crippen molar-refractivity contribution in [1.82, 2.24) is 15.1 Å². The molecule has 0 radical (unpaired) electrons. The van der Waals surface area contributed by atoms with Crippen LogP contribution >= 0.6 is 0 Å². The molecule has 9 nitrogen and oxygen atoms in total. The number of piperidine rings is 1. The van der Waals surface area contributed by atoms with Gasteiger partial charge in [0, 0.05) is 39.3 Å². The zero-order valence-corrected chi connectivity index (χ0v) is 20.0. The first-order valence-corrected chi connectivity index (χ1v) is 11.3. The summed E-state index contributed by atoms with van der Waals surface area (Å²) in [7, 11) is 3.14. The number of likely N-dealkylation sites (tertiary alicyclic amines) is 2. The van der Waals surface area contributed by atoms with Gasteiger partial charge >= 0.3 is 6.09 Å². The number of hydrogen-bond acceptors (Lipinski definition) is 5. The predicted molar refractivity (Wildman–Crippen MR) is 123 cm³/mol. The van der Waals surface area contributed by atoms with E-state index in [0.717, 1.165) is 0 Å². The molecular weight excluding hydrogens is 424 g/mol. The summed E-state index contributed by atoms with van der Waals surface area (Å²) >= 11 is 0. The lowest BCUT2D eigenvalue weighted by Crippen LogP contribution is -2.58. The monoisotopic (exact) mass is 458 g/mol.